The number of rotatable bonds is 6. The molecule has 0 amide bonds. The maximum absolute atomic E-state index is 9.02. The highest BCUT2D eigenvalue weighted by molar-refractivity contribution is 7.99. The first kappa shape index (κ1) is 18.8. The zero-order chi connectivity index (χ0) is 16.1. The molecule has 0 saturated carbocycles. The van der Waals surface area contributed by atoms with E-state index in [0.717, 1.165) is 40.9 Å². The van der Waals surface area contributed by atoms with Crippen LogP contribution >= 0.6 is 24.2 Å². The molecule has 3 rings (SSSR count). The molecule has 0 aliphatic heterocycles. The van der Waals surface area contributed by atoms with E-state index < -0.39 is 0 Å². The van der Waals surface area contributed by atoms with Gasteiger partial charge < -0.3 is 15.2 Å². The molecule has 1 aliphatic carbocycles. The molecular weight excluding hydrogens is 346 g/mol. The second-order valence-corrected chi connectivity index (χ2v) is 6.47. The smallest absolute Gasteiger partial charge is 0.189 e. The molecule has 1 aromatic heterocycles. The summed E-state index contributed by atoms with van der Waals surface area (Å²) in [5.74, 6) is 2.33. The summed E-state index contributed by atoms with van der Waals surface area (Å²) in [6, 6.07) is 7.82. The van der Waals surface area contributed by atoms with Crippen molar-refractivity contribution >= 4 is 35.7 Å². The average Bonchev–Trinajstić information content (AvgIpc) is 2.60. The summed E-state index contributed by atoms with van der Waals surface area (Å²) in [6.07, 6.45) is 4.37. The van der Waals surface area contributed by atoms with E-state index in [1.54, 1.807) is 7.11 Å². The van der Waals surface area contributed by atoms with Gasteiger partial charge in [-0.25, -0.2) is 9.97 Å². The zero-order valence-electron chi connectivity index (χ0n) is 13.6. The van der Waals surface area contributed by atoms with E-state index in [0.29, 0.717) is 5.75 Å². The van der Waals surface area contributed by atoms with Gasteiger partial charge in [-0.3, -0.25) is 0 Å². The Morgan fingerprint density at radius 1 is 1.17 bits per heavy atom. The fourth-order valence-corrected chi connectivity index (χ4v) is 3.29. The number of halogens is 1. The second-order valence-electron chi connectivity index (χ2n) is 5.41. The Labute approximate surface area is 152 Å². The van der Waals surface area contributed by atoms with Crippen LogP contribution < -0.4 is 10.1 Å². The molecule has 0 radical (unpaired) electrons. The van der Waals surface area contributed by atoms with Crippen molar-refractivity contribution in [3.63, 3.8) is 0 Å². The van der Waals surface area contributed by atoms with E-state index in [2.05, 4.69) is 15.3 Å². The number of nitrogens with one attached hydrogen (secondary N) is 1. The van der Waals surface area contributed by atoms with Crippen molar-refractivity contribution < 1.29 is 9.84 Å². The van der Waals surface area contributed by atoms with E-state index in [4.69, 9.17) is 9.84 Å². The summed E-state index contributed by atoms with van der Waals surface area (Å²) < 4.78 is 5.19. The molecule has 1 aliphatic rings. The Kier molecular flexibility index (Phi) is 7.15. The summed E-state index contributed by atoms with van der Waals surface area (Å²) in [4.78, 5) is 9.32. The number of aryl methyl sites for hydroxylation is 1. The highest BCUT2D eigenvalue weighted by Crippen LogP contribution is 2.30. The fraction of sp³-hybridized carbons (Fsp3) is 0.412. The third-order valence-electron chi connectivity index (χ3n) is 3.84. The van der Waals surface area contributed by atoms with Crippen LogP contribution in [0.1, 0.15) is 24.1 Å². The van der Waals surface area contributed by atoms with Crippen LogP contribution in [0.15, 0.2) is 29.4 Å². The molecule has 0 fully saturated rings. The van der Waals surface area contributed by atoms with Crippen molar-refractivity contribution in [1.82, 2.24) is 9.97 Å². The molecule has 0 saturated heterocycles. The molecule has 24 heavy (non-hydrogen) atoms. The van der Waals surface area contributed by atoms with E-state index in [9.17, 15) is 0 Å². The number of ether oxygens (including phenoxy) is 1. The van der Waals surface area contributed by atoms with Gasteiger partial charge in [-0.1, -0.05) is 11.8 Å². The number of aliphatic hydroxyl groups is 1. The quantitative estimate of drug-likeness (QED) is 0.600. The molecule has 0 bridgehead atoms. The van der Waals surface area contributed by atoms with Crippen LogP contribution in [0.25, 0.3) is 0 Å². The zero-order valence-corrected chi connectivity index (χ0v) is 15.3. The van der Waals surface area contributed by atoms with Gasteiger partial charge in [0, 0.05) is 17.0 Å². The predicted molar refractivity (Wildman–Crippen MR) is 100 cm³/mol. The summed E-state index contributed by atoms with van der Waals surface area (Å²) in [5, 5.41) is 13.2. The molecule has 2 N–H and O–H groups in total. The lowest BCUT2D eigenvalue weighted by Gasteiger charge is -2.19. The number of aliphatic hydroxyl groups excluding tert-OH is 1. The first-order valence-corrected chi connectivity index (χ1v) is 8.83. The van der Waals surface area contributed by atoms with Crippen LogP contribution in [0.5, 0.6) is 5.75 Å². The van der Waals surface area contributed by atoms with Crippen LogP contribution in [0, 0.1) is 0 Å². The monoisotopic (exact) mass is 367 g/mol. The Hall–Kier alpha value is -1.50. The van der Waals surface area contributed by atoms with Gasteiger partial charge >= 0.3 is 0 Å². The fourth-order valence-electron chi connectivity index (χ4n) is 2.69. The normalized spacial score (nSPS) is 12.9. The lowest BCUT2D eigenvalue weighted by molar-refractivity contribution is 0.322. The first-order valence-electron chi connectivity index (χ1n) is 7.84. The Balaban J connectivity index is 0.00000208. The van der Waals surface area contributed by atoms with Gasteiger partial charge in [0.15, 0.2) is 5.16 Å². The molecule has 5 nitrogen and oxygen atoms in total. The number of nitrogens with zero attached hydrogens (tertiary/aromatic N) is 2. The van der Waals surface area contributed by atoms with Crippen molar-refractivity contribution in [2.75, 3.05) is 24.8 Å². The minimum atomic E-state index is 0. The number of methoxy groups -OCH3 is 1. The predicted octanol–water partition coefficient (Wildman–Crippen LogP) is 3.61. The van der Waals surface area contributed by atoms with E-state index in [1.807, 2.05) is 24.3 Å². The number of hydrogen-bond acceptors (Lipinski definition) is 6. The number of fused-ring (bicyclic) bond motifs is 1. The van der Waals surface area contributed by atoms with Crippen molar-refractivity contribution in [2.45, 2.75) is 30.8 Å². The van der Waals surface area contributed by atoms with Gasteiger partial charge in [-0.05, 0) is 49.9 Å². The maximum Gasteiger partial charge on any atom is 0.189 e. The van der Waals surface area contributed by atoms with Gasteiger partial charge in [-0.15, -0.1) is 12.4 Å². The third-order valence-corrected chi connectivity index (χ3v) is 4.67. The maximum atomic E-state index is 9.02. The second kappa shape index (κ2) is 9.11. The highest BCUT2D eigenvalue weighted by Gasteiger charge is 2.18. The SMILES string of the molecule is COc1ccc(Nc2nc(SCCO)nc3c2CCCC3)cc1.Cl. The molecule has 7 heteroatoms. The average molecular weight is 368 g/mol. The summed E-state index contributed by atoms with van der Waals surface area (Å²) in [6.45, 7) is 0.131. The Morgan fingerprint density at radius 2 is 1.92 bits per heavy atom. The molecule has 1 aromatic carbocycles. The van der Waals surface area contributed by atoms with E-state index in [1.165, 1.54) is 30.2 Å². The minimum absolute atomic E-state index is 0. The van der Waals surface area contributed by atoms with Crippen molar-refractivity contribution in [2.24, 2.45) is 0 Å². The standard InChI is InChI=1S/C17H21N3O2S.ClH/c1-22-13-8-6-12(7-9-13)18-16-14-4-2-3-5-15(14)19-17(20-16)23-11-10-21;/h6-9,21H,2-5,10-11H2,1H3,(H,18,19,20);1H. The number of hydrogen-bond donors (Lipinski definition) is 2. The molecule has 130 valence electrons. The number of aromatic nitrogens is 2. The van der Waals surface area contributed by atoms with Gasteiger partial charge in [0.2, 0.25) is 0 Å². The molecule has 1 heterocycles. The van der Waals surface area contributed by atoms with E-state index >= 15 is 0 Å². The summed E-state index contributed by atoms with van der Waals surface area (Å²) >= 11 is 1.49. The van der Waals surface area contributed by atoms with Gasteiger partial charge in [-0.2, -0.15) is 0 Å². The molecule has 0 unspecified atom stereocenters. The lowest BCUT2D eigenvalue weighted by Crippen LogP contribution is -2.12. The molecule has 0 spiro atoms. The minimum Gasteiger partial charge on any atom is -0.497 e. The number of thioether (sulfide) groups is 1. The third kappa shape index (κ3) is 4.53. The van der Waals surface area contributed by atoms with Crippen LogP contribution in [-0.4, -0.2) is 34.5 Å². The van der Waals surface area contributed by atoms with Crippen molar-refractivity contribution in [1.29, 1.82) is 0 Å². The van der Waals surface area contributed by atoms with E-state index in [-0.39, 0.29) is 19.0 Å². The highest BCUT2D eigenvalue weighted by atomic mass is 35.5. The van der Waals surface area contributed by atoms with Gasteiger partial charge in [0.05, 0.1) is 19.4 Å². The van der Waals surface area contributed by atoms with Gasteiger partial charge in [0.25, 0.3) is 0 Å². The topological polar surface area (TPSA) is 67.3 Å². The molecular formula is C17H22ClN3O2S. The molecule has 2 aromatic rings. The summed E-state index contributed by atoms with van der Waals surface area (Å²) in [5.41, 5.74) is 3.35. The Morgan fingerprint density at radius 3 is 2.62 bits per heavy atom. The largest absolute Gasteiger partial charge is 0.497 e. The van der Waals surface area contributed by atoms with Crippen LogP contribution in [0.4, 0.5) is 11.5 Å². The molecule has 0 atom stereocenters. The van der Waals surface area contributed by atoms with Crippen molar-refractivity contribution in [3.05, 3.63) is 35.5 Å². The van der Waals surface area contributed by atoms with Crippen LogP contribution in [-0.2, 0) is 12.8 Å². The number of anilines is 2. The lowest BCUT2D eigenvalue weighted by atomic mass is 9.96. The summed E-state index contributed by atoms with van der Waals surface area (Å²) in [7, 11) is 1.66. The Bertz CT molecular complexity index is 668. The van der Waals surface area contributed by atoms with Crippen LogP contribution in [0.3, 0.4) is 0 Å². The van der Waals surface area contributed by atoms with Crippen molar-refractivity contribution in [3.8, 4) is 5.75 Å². The number of benzene rings is 1. The first-order chi connectivity index (χ1) is 11.3. The van der Waals surface area contributed by atoms with Gasteiger partial charge in [0.1, 0.15) is 11.6 Å². The van der Waals surface area contributed by atoms with Crippen LogP contribution in [0.2, 0.25) is 0 Å².